The van der Waals surface area contributed by atoms with E-state index < -0.39 is 0 Å². The van der Waals surface area contributed by atoms with Crippen LogP contribution in [0.3, 0.4) is 0 Å². The van der Waals surface area contributed by atoms with Gasteiger partial charge in [-0.3, -0.25) is 0 Å². The van der Waals surface area contributed by atoms with E-state index in [1.54, 1.807) is 0 Å². The Balaban J connectivity index is 2.71. The second-order valence-electron chi connectivity index (χ2n) is 5.96. The van der Waals surface area contributed by atoms with Crippen molar-refractivity contribution in [3.63, 3.8) is 0 Å². The zero-order valence-electron chi connectivity index (χ0n) is 14.0. The molecule has 2 atom stereocenters. The molecule has 2 heteroatoms. The van der Waals surface area contributed by atoms with E-state index >= 15 is 0 Å². The number of hydrogen-bond acceptors (Lipinski definition) is 2. The van der Waals surface area contributed by atoms with Crippen LogP contribution in [0, 0.1) is 26.7 Å². The molecule has 1 N–H and O–H groups in total. The number of rotatable bonds is 8. The first kappa shape index (κ1) is 17.0. The first-order chi connectivity index (χ1) is 9.49. The molecule has 2 nitrogen and oxygen atoms in total. The fraction of sp³-hybridized carbons (Fsp3) is 0.667. The average molecular weight is 277 g/mol. The predicted molar refractivity (Wildman–Crippen MR) is 87.7 cm³/mol. The van der Waals surface area contributed by atoms with Crippen LogP contribution in [0.2, 0.25) is 0 Å². The van der Waals surface area contributed by atoms with E-state index in [1.165, 1.54) is 23.1 Å². The van der Waals surface area contributed by atoms with Crippen molar-refractivity contribution in [3.05, 3.63) is 28.8 Å². The van der Waals surface area contributed by atoms with Crippen molar-refractivity contribution in [2.45, 2.75) is 60.4 Å². The van der Waals surface area contributed by atoms with Gasteiger partial charge in [0, 0.05) is 6.04 Å². The second-order valence-corrected chi connectivity index (χ2v) is 5.96. The number of benzene rings is 1. The van der Waals surface area contributed by atoms with Crippen molar-refractivity contribution >= 4 is 0 Å². The van der Waals surface area contributed by atoms with Crippen LogP contribution >= 0.6 is 0 Å². The van der Waals surface area contributed by atoms with Crippen molar-refractivity contribution in [1.29, 1.82) is 0 Å². The molecule has 0 spiro atoms. The van der Waals surface area contributed by atoms with Gasteiger partial charge in [-0.2, -0.15) is 0 Å². The Morgan fingerprint density at radius 2 is 1.85 bits per heavy atom. The summed E-state index contributed by atoms with van der Waals surface area (Å²) in [5.74, 6) is 1.67. The van der Waals surface area contributed by atoms with E-state index in [-0.39, 0.29) is 0 Å². The molecule has 2 unspecified atom stereocenters. The Kier molecular flexibility index (Phi) is 7.08. The minimum absolute atomic E-state index is 0.431. The summed E-state index contributed by atoms with van der Waals surface area (Å²) in [5, 5.41) is 3.61. The topological polar surface area (TPSA) is 21.3 Å². The summed E-state index contributed by atoms with van der Waals surface area (Å²) in [6, 6.07) is 4.79. The molecule has 0 amide bonds. The van der Waals surface area contributed by atoms with E-state index in [1.807, 2.05) is 0 Å². The van der Waals surface area contributed by atoms with Gasteiger partial charge < -0.3 is 10.1 Å². The first-order valence-electron chi connectivity index (χ1n) is 7.93. The van der Waals surface area contributed by atoms with E-state index in [0.717, 1.165) is 25.3 Å². The number of nitrogens with one attached hydrogen (secondary N) is 1. The van der Waals surface area contributed by atoms with Crippen LogP contribution in [0.15, 0.2) is 12.1 Å². The summed E-state index contributed by atoms with van der Waals surface area (Å²) in [5.41, 5.74) is 3.83. The van der Waals surface area contributed by atoms with Crippen LogP contribution in [0.4, 0.5) is 0 Å². The molecule has 0 fully saturated rings. The van der Waals surface area contributed by atoms with Crippen LogP contribution < -0.4 is 10.1 Å². The van der Waals surface area contributed by atoms with Crippen LogP contribution in [0.1, 0.15) is 50.3 Å². The Morgan fingerprint density at radius 1 is 1.15 bits per heavy atom. The number of aryl methyl sites for hydroxylation is 2. The molecule has 0 bridgehead atoms. The van der Waals surface area contributed by atoms with E-state index in [0.29, 0.717) is 12.0 Å². The highest BCUT2D eigenvalue weighted by atomic mass is 16.5. The lowest BCUT2D eigenvalue weighted by Gasteiger charge is -2.25. The molecule has 0 aromatic heterocycles. The molecule has 114 valence electrons. The van der Waals surface area contributed by atoms with Gasteiger partial charge in [0.05, 0.1) is 0 Å². The van der Waals surface area contributed by atoms with Gasteiger partial charge in [0.2, 0.25) is 0 Å². The highest BCUT2D eigenvalue weighted by Gasteiger charge is 2.16. The summed E-state index contributed by atoms with van der Waals surface area (Å²) < 4.78 is 6.12. The SMILES string of the molecule is CCCNC(COc1cc(C)cc(C)c1C)C(C)CC. The Hall–Kier alpha value is -1.02. The molecule has 1 rings (SSSR count). The molecule has 1 aromatic carbocycles. The molecule has 20 heavy (non-hydrogen) atoms. The van der Waals surface area contributed by atoms with E-state index in [9.17, 15) is 0 Å². The molecule has 0 heterocycles. The van der Waals surface area contributed by atoms with E-state index in [2.05, 4.69) is 59.0 Å². The van der Waals surface area contributed by atoms with Gasteiger partial charge >= 0.3 is 0 Å². The predicted octanol–water partition coefficient (Wildman–Crippen LogP) is 4.40. The van der Waals surface area contributed by atoms with Gasteiger partial charge in [0.1, 0.15) is 12.4 Å². The van der Waals surface area contributed by atoms with Crippen molar-refractivity contribution in [3.8, 4) is 5.75 Å². The fourth-order valence-corrected chi connectivity index (χ4v) is 2.37. The summed E-state index contributed by atoms with van der Waals surface area (Å²) in [6.45, 7) is 15.0. The van der Waals surface area contributed by atoms with Gasteiger partial charge in [-0.05, 0) is 62.4 Å². The maximum Gasteiger partial charge on any atom is 0.122 e. The van der Waals surface area contributed by atoms with Crippen molar-refractivity contribution in [1.82, 2.24) is 5.32 Å². The maximum atomic E-state index is 6.12. The molecule has 0 radical (unpaired) electrons. The molecule has 0 saturated carbocycles. The third-order valence-electron chi connectivity index (χ3n) is 4.17. The van der Waals surface area contributed by atoms with Crippen LogP contribution in [-0.2, 0) is 0 Å². The standard InChI is InChI=1S/C18H31NO/c1-7-9-19-17(14(4)8-2)12-20-18-11-13(3)10-15(5)16(18)6/h10-11,14,17,19H,7-9,12H2,1-6H3. The summed E-state index contributed by atoms with van der Waals surface area (Å²) in [7, 11) is 0. The second kappa shape index (κ2) is 8.31. The van der Waals surface area contributed by atoms with E-state index in [4.69, 9.17) is 4.74 Å². The zero-order chi connectivity index (χ0) is 15.1. The number of hydrogen-bond donors (Lipinski definition) is 1. The molecule has 1 aromatic rings. The Labute approximate surface area is 124 Å². The fourth-order valence-electron chi connectivity index (χ4n) is 2.37. The van der Waals surface area contributed by atoms with Crippen molar-refractivity contribution in [2.75, 3.05) is 13.2 Å². The summed E-state index contributed by atoms with van der Waals surface area (Å²) >= 11 is 0. The smallest absolute Gasteiger partial charge is 0.122 e. The highest BCUT2D eigenvalue weighted by Crippen LogP contribution is 2.24. The van der Waals surface area contributed by atoms with Gasteiger partial charge in [-0.15, -0.1) is 0 Å². The Morgan fingerprint density at radius 3 is 2.45 bits per heavy atom. The largest absolute Gasteiger partial charge is 0.492 e. The normalized spacial score (nSPS) is 14.1. The lowest BCUT2D eigenvalue weighted by molar-refractivity contribution is 0.219. The molecule has 0 saturated heterocycles. The third-order valence-corrected chi connectivity index (χ3v) is 4.17. The summed E-state index contributed by atoms with van der Waals surface area (Å²) in [4.78, 5) is 0. The maximum absolute atomic E-state index is 6.12. The van der Waals surface area contributed by atoms with Gasteiger partial charge in [-0.1, -0.05) is 33.3 Å². The Bertz CT molecular complexity index is 414. The minimum atomic E-state index is 0.431. The molecule has 0 aliphatic carbocycles. The zero-order valence-corrected chi connectivity index (χ0v) is 14.0. The van der Waals surface area contributed by atoms with Gasteiger partial charge in [0.25, 0.3) is 0 Å². The average Bonchev–Trinajstić information content (AvgIpc) is 2.43. The first-order valence-corrected chi connectivity index (χ1v) is 7.93. The lowest BCUT2D eigenvalue weighted by Crippen LogP contribution is -2.40. The molecular weight excluding hydrogens is 246 g/mol. The van der Waals surface area contributed by atoms with Crippen LogP contribution in [-0.4, -0.2) is 19.2 Å². The lowest BCUT2D eigenvalue weighted by atomic mass is 9.99. The highest BCUT2D eigenvalue weighted by molar-refractivity contribution is 5.41. The number of ether oxygens (including phenoxy) is 1. The molecule has 0 aliphatic heterocycles. The van der Waals surface area contributed by atoms with Gasteiger partial charge in [-0.25, -0.2) is 0 Å². The third kappa shape index (κ3) is 4.82. The van der Waals surface area contributed by atoms with Crippen LogP contribution in [0.5, 0.6) is 5.75 Å². The quantitative estimate of drug-likeness (QED) is 0.760. The van der Waals surface area contributed by atoms with Crippen LogP contribution in [0.25, 0.3) is 0 Å². The van der Waals surface area contributed by atoms with Gasteiger partial charge in [0.15, 0.2) is 0 Å². The summed E-state index contributed by atoms with van der Waals surface area (Å²) in [6.07, 6.45) is 2.34. The van der Waals surface area contributed by atoms with Crippen molar-refractivity contribution in [2.24, 2.45) is 5.92 Å². The van der Waals surface area contributed by atoms with Crippen molar-refractivity contribution < 1.29 is 4.74 Å². The monoisotopic (exact) mass is 277 g/mol. The molecule has 0 aliphatic rings. The molecular formula is C18H31NO. The minimum Gasteiger partial charge on any atom is -0.492 e.